The molecular formula is C28H39FO5. The van der Waals surface area contributed by atoms with Gasteiger partial charge in [0.25, 0.3) is 0 Å². The van der Waals surface area contributed by atoms with Crippen molar-refractivity contribution < 1.29 is 28.6 Å². The van der Waals surface area contributed by atoms with E-state index in [2.05, 4.69) is 20.8 Å². The number of allylic oxidation sites excluding steroid dienone is 4. The van der Waals surface area contributed by atoms with E-state index in [0.717, 1.165) is 25.7 Å². The van der Waals surface area contributed by atoms with Crippen LogP contribution in [0, 0.1) is 40.4 Å². The number of ketones is 2. The van der Waals surface area contributed by atoms with Crippen molar-refractivity contribution in [3.05, 3.63) is 23.8 Å². The third-order valence-electron chi connectivity index (χ3n) is 9.52. The van der Waals surface area contributed by atoms with Gasteiger partial charge in [0.15, 0.2) is 11.6 Å². The zero-order valence-corrected chi connectivity index (χ0v) is 20.9. The van der Waals surface area contributed by atoms with Crippen LogP contribution in [0.15, 0.2) is 23.8 Å². The number of unbranched alkanes of at least 4 members (excludes halogenated alkanes) is 2. The van der Waals surface area contributed by atoms with Crippen molar-refractivity contribution in [2.45, 2.75) is 84.9 Å². The van der Waals surface area contributed by atoms with Crippen LogP contribution in [0.25, 0.3) is 0 Å². The smallest absolute Gasteiger partial charge is 0.306 e. The predicted molar refractivity (Wildman–Crippen MR) is 126 cm³/mol. The Bertz CT molecular complexity index is 908. The number of aliphatic hydroxyl groups excluding tert-OH is 1. The lowest BCUT2D eigenvalue weighted by atomic mass is 9.46. The van der Waals surface area contributed by atoms with Crippen LogP contribution in [0.4, 0.5) is 4.39 Å². The van der Waals surface area contributed by atoms with Crippen LogP contribution < -0.4 is 0 Å². The number of ether oxygens (including phenoxy) is 1. The summed E-state index contributed by atoms with van der Waals surface area (Å²) in [6.07, 6.45) is 7.33. The number of rotatable bonds is 7. The van der Waals surface area contributed by atoms with Gasteiger partial charge < -0.3 is 9.84 Å². The molecule has 3 saturated carbocycles. The van der Waals surface area contributed by atoms with Gasteiger partial charge >= 0.3 is 5.97 Å². The number of fused-ring (bicyclic) bond motifs is 5. The molecule has 1 N–H and O–H groups in total. The molecular weight excluding hydrogens is 435 g/mol. The fraction of sp³-hybridized carbons (Fsp3) is 0.750. The number of Topliss-reactive ketones (excluding diaryl/α,β-unsaturated/α-hetero) is 1. The maximum Gasteiger partial charge on any atom is 0.306 e. The average Bonchev–Trinajstić information content (AvgIpc) is 3.03. The van der Waals surface area contributed by atoms with Gasteiger partial charge in [0, 0.05) is 23.7 Å². The summed E-state index contributed by atoms with van der Waals surface area (Å²) in [5.74, 6) is -1.07. The molecule has 0 heterocycles. The van der Waals surface area contributed by atoms with E-state index in [1.165, 1.54) is 12.2 Å². The summed E-state index contributed by atoms with van der Waals surface area (Å²) >= 11 is 0. The Morgan fingerprint density at radius 3 is 2.68 bits per heavy atom. The van der Waals surface area contributed by atoms with Crippen LogP contribution in [0.1, 0.15) is 72.6 Å². The molecule has 0 spiro atoms. The number of hydrogen-bond acceptors (Lipinski definition) is 5. The van der Waals surface area contributed by atoms with Gasteiger partial charge in [0.2, 0.25) is 0 Å². The van der Waals surface area contributed by atoms with Crippen molar-refractivity contribution in [2.24, 2.45) is 40.4 Å². The van der Waals surface area contributed by atoms with Crippen molar-refractivity contribution in [3.8, 4) is 0 Å². The number of esters is 1. The van der Waals surface area contributed by atoms with Crippen molar-refractivity contribution in [1.82, 2.24) is 0 Å². The van der Waals surface area contributed by atoms with E-state index in [1.54, 1.807) is 6.08 Å². The quantitative estimate of drug-likeness (QED) is 0.425. The lowest BCUT2D eigenvalue weighted by molar-refractivity contribution is -0.155. The second-order valence-corrected chi connectivity index (χ2v) is 11.7. The van der Waals surface area contributed by atoms with Crippen molar-refractivity contribution in [3.63, 3.8) is 0 Å². The molecule has 0 aromatic carbocycles. The molecule has 4 aliphatic rings. The summed E-state index contributed by atoms with van der Waals surface area (Å²) < 4.78 is 20.8. The summed E-state index contributed by atoms with van der Waals surface area (Å²) in [6.45, 7) is 7.89. The molecule has 0 aromatic rings. The van der Waals surface area contributed by atoms with E-state index in [-0.39, 0.29) is 60.2 Å². The second-order valence-electron chi connectivity index (χ2n) is 11.7. The Morgan fingerprint density at radius 1 is 1.24 bits per heavy atom. The Balaban J connectivity index is 1.54. The number of halogens is 1. The largest absolute Gasteiger partial charge is 0.458 e. The lowest BCUT2D eigenvalue weighted by Crippen LogP contribution is -2.58. The van der Waals surface area contributed by atoms with E-state index >= 15 is 4.39 Å². The van der Waals surface area contributed by atoms with Gasteiger partial charge in [-0.15, -0.1) is 0 Å². The first-order chi connectivity index (χ1) is 16.0. The third kappa shape index (κ3) is 4.10. The summed E-state index contributed by atoms with van der Waals surface area (Å²) in [5, 5.41) is 11.4. The first kappa shape index (κ1) is 25.3. The van der Waals surface area contributed by atoms with Gasteiger partial charge in [-0.1, -0.05) is 46.6 Å². The minimum Gasteiger partial charge on any atom is -0.458 e. The van der Waals surface area contributed by atoms with Gasteiger partial charge in [-0.05, 0) is 66.6 Å². The van der Waals surface area contributed by atoms with E-state index in [1.807, 2.05) is 6.92 Å². The van der Waals surface area contributed by atoms with Gasteiger partial charge in [-0.3, -0.25) is 14.4 Å². The number of carbonyl (C=O) groups excluding carboxylic acids is 3. The van der Waals surface area contributed by atoms with Crippen LogP contribution in [-0.4, -0.2) is 41.5 Å². The van der Waals surface area contributed by atoms with Crippen LogP contribution in [0.3, 0.4) is 0 Å². The average molecular weight is 475 g/mol. The normalized spacial score (nSPS) is 42.9. The molecule has 0 radical (unpaired) electrons. The Labute approximate surface area is 202 Å². The van der Waals surface area contributed by atoms with Gasteiger partial charge in [0.1, 0.15) is 12.8 Å². The van der Waals surface area contributed by atoms with Crippen molar-refractivity contribution >= 4 is 17.5 Å². The van der Waals surface area contributed by atoms with E-state index in [9.17, 15) is 19.5 Å². The molecule has 0 amide bonds. The number of hydrogen-bond donors (Lipinski definition) is 1. The molecule has 0 aliphatic heterocycles. The number of alkyl halides is 1. The standard InChI is InChI=1S/C28H39FO5/c1-5-6-7-8-24(33)34-15-23(32)25-16(2)11-19-18-13-21(29)20-12-17(30)9-10-27(20,3)26(18)22(31)14-28(19,25)4/h9-10,12,16,18-19,21-22,25-26,31H,5-8,11,13-15H2,1-4H3/t16-,18+,19+,21+,22+,25-,26-,27+,28+/m1/s1. The molecule has 0 aromatic heterocycles. The minimum atomic E-state index is -1.23. The molecule has 4 rings (SSSR count). The van der Waals surface area contributed by atoms with Gasteiger partial charge in [-0.25, -0.2) is 4.39 Å². The highest BCUT2D eigenvalue weighted by Gasteiger charge is 2.65. The summed E-state index contributed by atoms with van der Waals surface area (Å²) in [7, 11) is 0. The van der Waals surface area contributed by atoms with Crippen molar-refractivity contribution in [2.75, 3.05) is 6.61 Å². The SMILES string of the molecule is CCCCCC(=O)OCC(=O)[C@H]1[C@H](C)C[C@H]2[C@@H]3C[C@H](F)C4=CC(=O)C=C[C@]4(C)[C@H]3[C@@H](O)C[C@@]21C. The molecule has 5 nitrogen and oxygen atoms in total. The van der Waals surface area contributed by atoms with Gasteiger partial charge in [0.05, 0.1) is 6.10 Å². The maximum atomic E-state index is 15.4. The molecule has 0 saturated heterocycles. The highest BCUT2D eigenvalue weighted by Crippen LogP contribution is 2.67. The first-order valence-electron chi connectivity index (χ1n) is 13.0. The highest BCUT2D eigenvalue weighted by molar-refractivity contribution is 6.01. The summed E-state index contributed by atoms with van der Waals surface area (Å²) in [4.78, 5) is 37.3. The molecule has 9 atom stereocenters. The Morgan fingerprint density at radius 2 is 1.97 bits per heavy atom. The first-order valence-corrected chi connectivity index (χ1v) is 13.0. The van der Waals surface area contributed by atoms with Crippen LogP contribution in [0.5, 0.6) is 0 Å². The zero-order chi connectivity index (χ0) is 24.8. The van der Waals surface area contributed by atoms with Crippen LogP contribution in [0.2, 0.25) is 0 Å². The van der Waals surface area contributed by atoms with E-state index < -0.39 is 23.1 Å². The second kappa shape index (κ2) is 9.33. The van der Waals surface area contributed by atoms with E-state index in [4.69, 9.17) is 4.74 Å². The minimum absolute atomic E-state index is 0.0681. The third-order valence-corrected chi connectivity index (χ3v) is 9.52. The highest BCUT2D eigenvalue weighted by atomic mass is 19.1. The monoisotopic (exact) mass is 474 g/mol. The topological polar surface area (TPSA) is 80.7 Å². The predicted octanol–water partition coefficient (Wildman–Crippen LogP) is 4.77. The lowest BCUT2D eigenvalue weighted by Gasteiger charge is -2.59. The molecule has 0 bridgehead atoms. The molecule has 188 valence electrons. The van der Waals surface area contributed by atoms with Gasteiger partial charge in [-0.2, -0.15) is 0 Å². The maximum absolute atomic E-state index is 15.4. The molecule has 4 aliphatic carbocycles. The number of carbonyl (C=O) groups is 3. The molecule has 34 heavy (non-hydrogen) atoms. The summed E-state index contributed by atoms with van der Waals surface area (Å²) in [5.41, 5.74) is -0.689. The Kier molecular flexibility index (Phi) is 6.93. The van der Waals surface area contributed by atoms with Crippen molar-refractivity contribution in [1.29, 1.82) is 0 Å². The fourth-order valence-electron chi connectivity index (χ4n) is 8.22. The van der Waals surface area contributed by atoms with Crippen LogP contribution >= 0.6 is 0 Å². The van der Waals surface area contributed by atoms with Crippen LogP contribution in [-0.2, 0) is 19.1 Å². The molecule has 0 unspecified atom stereocenters. The molecule has 3 fully saturated rings. The Hall–Kier alpha value is -1.82. The van der Waals surface area contributed by atoms with E-state index in [0.29, 0.717) is 18.4 Å². The zero-order valence-electron chi connectivity index (χ0n) is 20.9. The summed E-state index contributed by atoms with van der Waals surface area (Å²) in [6, 6.07) is 0. The number of aliphatic hydroxyl groups is 1. The molecule has 6 heteroatoms. The fourth-order valence-corrected chi connectivity index (χ4v) is 8.22.